The van der Waals surface area contributed by atoms with Crippen molar-refractivity contribution < 1.29 is 13.2 Å². The molecule has 0 aliphatic heterocycles. The molecule has 0 saturated heterocycles. The second-order valence-corrected chi connectivity index (χ2v) is 0.989. The maximum Gasteiger partial charge on any atom is 0.308 e. The molecule has 0 aromatic heterocycles. The Morgan fingerprint density at radius 3 is 1.75 bits per heavy atom. The van der Waals surface area contributed by atoms with Gasteiger partial charge in [0.05, 0.1) is 0 Å². The van der Waals surface area contributed by atoms with Crippen molar-refractivity contribution in [1.82, 2.24) is 5.43 Å². The van der Waals surface area contributed by atoms with Crippen molar-refractivity contribution in [2.45, 2.75) is 0 Å². The third-order valence-corrected chi connectivity index (χ3v) is 0.0680. The fourth-order valence-electron chi connectivity index (χ4n) is 0. The summed E-state index contributed by atoms with van der Waals surface area (Å²) in [5.74, 6) is 4.41. The third kappa shape index (κ3) is 33100. The van der Waals surface area contributed by atoms with Gasteiger partial charge in [0.25, 0.3) is 0 Å². The first kappa shape index (κ1) is 10.1. The van der Waals surface area contributed by atoms with Crippen molar-refractivity contribution in [3.63, 3.8) is 0 Å². The summed E-state index contributed by atoms with van der Waals surface area (Å²) in [7, 11) is -2.61. The Morgan fingerprint density at radius 2 is 1.75 bits per heavy atom. The maximum atomic E-state index is 8.94. The van der Waals surface area contributed by atoms with E-state index in [2.05, 4.69) is 5.84 Å². The van der Waals surface area contributed by atoms with Gasteiger partial charge in [0, 0.05) is 0 Å². The minimum absolute atomic E-state index is 0.403. The van der Waals surface area contributed by atoms with E-state index in [0.717, 1.165) is 0 Å². The topological polar surface area (TPSA) is 113 Å². The predicted molar refractivity (Wildman–Crippen MR) is 25.0 cm³/mol. The van der Waals surface area contributed by atoms with Gasteiger partial charge < -0.3 is 0 Å². The first-order valence-electron chi connectivity index (χ1n) is 1.35. The van der Waals surface area contributed by atoms with E-state index >= 15 is 0 Å². The molecule has 0 aliphatic carbocycles. The van der Waals surface area contributed by atoms with E-state index in [-0.39, 0.29) is 0 Å². The maximum absolute atomic E-state index is 8.94. The van der Waals surface area contributed by atoms with Crippen molar-refractivity contribution >= 4 is 16.9 Å². The van der Waals surface area contributed by atoms with Crippen molar-refractivity contribution in [2.75, 3.05) is 0 Å². The molecule has 0 aromatic rings. The molecule has 0 spiro atoms. The summed E-state index contributed by atoms with van der Waals surface area (Å²) in [6, 6.07) is 0. The van der Waals surface area contributed by atoms with Gasteiger partial charge in [0.2, 0.25) is 6.41 Å². The molecule has 0 saturated carbocycles. The SMILES string of the molecule is N=S(=O)=O.NNC=O. The van der Waals surface area contributed by atoms with E-state index in [4.69, 9.17) is 18.0 Å². The average Bonchev–Trinajstić information content (AvgIpc) is 1.65. The lowest BCUT2D eigenvalue weighted by atomic mass is 11.4. The number of rotatable bonds is 1. The van der Waals surface area contributed by atoms with Crippen LogP contribution in [0.15, 0.2) is 0 Å². The van der Waals surface area contributed by atoms with Crippen LogP contribution in [0.2, 0.25) is 0 Å². The number of amides is 1. The number of carbonyl (C=O) groups is 1. The largest absolute Gasteiger partial charge is 0.308 e. The Balaban J connectivity index is 0. The van der Waals surface area contributed by atoms with Crippen LogP contribution in [0.1, 0.15) is 0 Å². The number of carbonyl (C=O) groups excluding carboxylic acids is 1. The van der Waals surface area contributed by atoms with Gasteiger partial charge in [0.15, 0.2) is 0 Å². The van der Waals surface area contributed by atoms with Crippen molar-refractivity contribution in [2.24, 2.45) is 5.84 Å². The van der Waals surface area contributed by atoms with Gasteiger partial charge in [0.1, 0.15) is 0 Å². The van der Waals surface area contributed by atoms with Crippen LogP contribution < -0.4 is 11.3 Å². The zero-order valence-corrected chi connectivity index (χ0v) is 4.60. The van der Waals surface area contributed by atoms with Gasteiger partial charge >= 0.3 is 10.5 Å². The first-order valence-corrected chi connectivity index (χ1v) is 2.43. The number of hydrogen-bond acceptors (Lipinski definition) is 5. The standard InChI is InChI=1S/CH4N2O.HNO2S/c2-3-1-4;1-4(2)3/h1H,2H2,(H,3,4);1H. The van der Waals surface area contributed by atoms with Crippen LogP contribution in [0.25, 0.3) is 0 Å². The van der Waals surface area contributed by atoms with Gasteiger partial charge in [-0.15, -0.1) is 0 Å². The Morgan fingerprint density at radius 1 is 1.62 bits per heavy atom. The van der Waals surface area contributed by atoms with Crippen molar-refractivity contribution in [3.8, 4) is 0 Å². The van der Waals surface area contributed by atoms with Crippen molar-refractivity contribution in [3.05, 3.63) is 0 Å². The van der Waals surface area contributed by atoms with E-state index in [0.29, 0.717) is 6.41 Å². The predicted octanol–water partition coefficient (Wildman–Crippen LogP) is -1.77. The Labute approximate surface area is 47.2 Å². The van der Waals surface area contributed by atoms with Crippen molar-refractivity contribution in [1.29, 1.82) is 4.78 Å². The highest BCUT2D eigenvalue weighted by Crippen LogP contribution is 1.15. The van der Waals surface area contributed by atoms with E-state index in [1.54, 1.807) is 5.43 Å². The number of hydrogen-bond donors (Lipinski definition) is 3. The van der Waals surface area contributed by atoms with E-state index < -0.39 is 10.5 Å². The summed E-state index contributed by atoms with van der Waals surface area (Å²) in [6.45, 7) is 0. The van der Waals surface area contributed by atoms with Crippen LogP contribution in [0.4, 0.5) is 0 Å². The molecular weight excluding hydrogens is 134 g/mol. The molecule has 0 bridgehead atoms. The van der Waals surface area contributed by atoms with Crippen LogP contribution >= 0.6 is 0 Å². The summed E-state index contributed by atoms with van der Waals surface area (Å²) in [5.41, 5.74) is 1.75. The van der Waals surface area contributed by atoms with E-state index in [1.807, 2.05) is 0 Å². The highest BCUT2D eigenvalue weighted by atomic mass is 32.2. The number of nitrogens with two attached hydrogens (primary N) is 1. The Hall–Kier alpha value is -0.950. The average molecular weight is 139 g/mol. The normalized spacial score (nSPS) is 5.62. The minimum Gasteiger partial charge on any atom is -0.297 e. The number of hydrazine groups is 1. The molecule has 4 N–H and O–H groups in total. The second kappa shape index (κ2) is 9.41. The smallest absolute Gasteiger partial charge is 0.297 e. The summed E-state index contributed by atoms with van der Waals surface area (Å²) < 4.78 is 22.8. The van der Waals surface area contributed by atoms with Crippen LogP contribution in [0, 0.1) is 4.78 Å². The molecule has 6 nitrogen and oxygen atoms in total. The van der Waals surface area contributed by atoms with Crippen LogP contribution in [0.5, 0.6) is 0 Å². The first-order chi connectivity index (χ1) is 3.65. The second-order valence-electron chi connectivity index (χ2n) is 0.519. The van der Waals surface area contributed by atoms with E-state index in [1.165, 1.54) is 0 Å². The third-order valence-electron chi connectivity index (χ3n) is 0.0680. The zero-order chi connectivity index (χ0) is 6.99. The lowest BCUT2D eigenvalue weighted by Crippen LogP contribution is -2.18. The molecular formula is CH5N3O3S. The molecule has 48 valence electrons. The highest BCUT2D eigenvalue weighted by molar-refractivity contribution is 7.60. The van der Waals surface area contributed by atoms with Gasteiger partial charge in [-0.05, 0) is 0 Å². The van der Waals surface area contributed by atoms with Crippen LogP contribution in [-0.4, -0.2) is 14.8 Å². The molecule has 0 rings (SSSR count). The minimum atomic E-state index is -2.61. The summed E-state index contributed by atoms with van der Waals surface area (Å²) >= 11 is 0. The molecule has 0 fully saturated rings. The fraction of sp³-hybridized carbons (Fsp3) is 0. The van der Waals surface area contributed by atoms with Crippen LogP contribution in [-0.2, 0) is 15.3 Å². The quantitative estimate of drug-likeness (QED) is 0.173. The van der Waals surface area contributed by atoms with Gasteiger partial charge in [-0.2, -0.15) is 13.2 Å². The molecule has 1 amide bonds. The zero-order valence-electron chi connectivity index (χ0n) is 3.79. The lowest BCUT2D eigenvalue weighted by Gasteiger charge is -1.66. The van der Waals surface area contributed by atoms with Gasteiger partial charge in [-0.1, -0.05) is 0 Å². The summed E-state index contributed by atoms with van der Waals surface area (Å²) in [5, 5.41) is 0. The Bertz CT molecular complexity index is 126. The molecule has 0 heterocycles. The molecule has 0 aromatic carbocycles. The van der Waals surface area contributed by atoms with Crippen LogP contribution in [0.3, 0.4) is 0 Å². The lowest BCUT2D eigenvalue weighted by molar-refractivity contribution is -0.109. The molecule has 0 aliphatic rings. The van der Waals surface area contributed by atoms with Gasteiger partial charge in [-0.25, -0.2) is 5.84 Å². The molecule has 0 unspecified atom stereocenters. The molecule has 8 heavy (non-hydrogen) atoms. The Kier molecular flexibility index (Phi) is 11.9. The number of nitrogens with one attached hydrogen (secondary N) is 2. The molecule has 0 atom stereocenters. The van der Waals surface area contributed by atoms with E-state index in [9.17, 15) is 0 Å². The fourth-order valence-corrected chi connectivity index (χ4v) is 0. The van der Waals surface area contributed by atoms with Gasteiger partial charge in [-0.3, -0.25) is 10.2 Å². The summed E-state index contributed by atoms with van der Waals surface area (Å²) in [4.78, 5) is 8.94. The molecule has 7 heteroatoms. The molecule has 0 radical (unpaired) electrons. The monoisotopic (exact) mass is 139 g/mol. The summed E-state index contributed by atoms with van der Waals surface area (Å²) in [6.07, 6.45) is 0.403. The highest BCUT2D eigenvalue weighted by Gasteiger charge is 1.42.